The van der Waals surface area contributed by atoms with E-state index in [0.717, 1.165) is 0 Å². The number of rotatable bonds is 5. The average Bonchev–Trinajstić information content (AvgIpc) is 3.07. The number of anilines is 1. The minimum Gasteiger partial charge on any atom is -0.481 e. The van der Waals surface area contributed by atoms with Crippen LogP contribution in [0.4, 0.5) is 5.13 Å². The topological polar surface area (TPSA) is 81.4 Å². The first-order chi connectivity index (χ1) is 10.7. The number of fused-ring (bicyclic) bond motifs is 1. The molecule has 114 valence electrons. The summed E-state index contributed by atoms with van der Waals surface area (Å²) in [5, 5.41) is 15.4. The summed E-state index contributed by atoms with van der Waals surface area (Å²) in [5.41, 5.74) is 0. The molecular weight excluding hydrogens is 302 g/mol. The number of para-hydroxylation sites is 1. The number of hydrogen-bond acceptors (Lipinski definition) is 6. The SMILES string of the molecule is CCC(Oc1ccccc1)C(=O)Nc1nn2c(C)nnc2s1. The highest BCUT2D eigenvalue weighted by atomic mass is 32.1. The van der Waals surface area contributed by atoms with E-state index in [2.05, 4.69) is 20.6 Å². The van der Waals surface area contributed by atoms with Crippen LogP contribution in [0.5, 0.6) is 5.75 Å². The normalized spacial score (nSPS) is 12.3. The number of aryl methyl sites for hydroxylation is 1. The molecule has 8 heteroatoms. The van der Waals surface area contributed by atoms with Gasteiger partial charge < -0.3 is 4.74 Å². The molecule has 0 fully saturated rings. The van der Waals surface area contributed by atoms with Crippen molar-refractivity contribution in [3.8, 4) is 5.75 Å². The van der Waals surface area contributed by atoms with E-state index in [-0.39, 0.29) is 5.91 Å². The van der Waals surface area contributed by atoms with Crippen molar-refractivity contribution in [2.24, 2.45) is 0 Å². The summed E-state index contributed by atoms with van der Waals surface area (Å²) in [6, 6.07) is 9.28. The Hall–Kier alpha value is -2.48. The smallest absolute Gasteiger partial charge is 0.267 e. The average molecular weight is 317 g/mol. The molecule has 3 rings (SSSR count). The number of amides is 1. The molecule has 0 aliphatic carbocycles. The van der Waals surface area contributed by atoms with Crippen LogP contribution in [-0.4, -0.2) is 31.8 Å². The molecule has 1 atom stereocenters. The number of hydrogen-bond donors (Lipinski definition) is 1. The number of aromatic nitrogens is 4. The lowest BCUT2D eigenvalue weighted by Gasteiger charge is -2.16. The van der Waals surface area contributed by atoms with Gasteiger partial charge in [-0.25, -0.2) is 0 Å². The van der Waals surface area contributed by atoms with E-state index in [4.69, 9.17) is 4.74 Å². The van der Waals surface area contributed by atoms with E-state index in [1.165, 1.54) is 11.3 Å². The molecule has 0 spiro atoms. The Balaban J connectivity index is 1.71. The molecule has 0 radical (unpaired) electrons. The monoisotopic (exact) mass is 317 g/mol. The van der Waals surface area contributed by atoms with Gasteiger partial charge in [0.2, 0.25) is 10.1 Å². The molecule has 0 saturated heterocycles. The maximum absolute atomic E-state index is 12.3. The maximum Gasteiger partial charge on any atom is 0.267 e. The first-order valence-corrected chi connectivity index (χ1v) is 7.70. The zero-order chi connectivity index (χ0) is 15.5. The lowest BCUT2D eigenvalue weighted by Crippen LogP contribution is -2.32. The van der Waals surface area contributed by atoms with Gasteiger partial charge in [-0.1, -0.05) is 36.5 Å². The van der Waals surface area contributed by atoms with Crippen molar-refractivity contribution in [1.82, 2.24) is 19.8 Å². The Bertz CT molecular complexity index is 783. The van der Waals surface area contributed by atoms with E-state index >= 15 is 0 Å². The van der Waals surface area contributed by atoms with Crippen molar-refractivity contribution in [3.63, 3.8) is 0 Å². The quantitative estimate of drug-likeness (QED) is 0.781. The first kappa shape index (κ1) is 14.5. The number of nitrogens with one attached hydrogen (secondary N) is 1. The number of benzene rings is 1. The number of carbonyl (C=O) groups is 1. The standard InChI is InChI=1S/C14H15N5O2S/c1-3-11(21-10-7-5-4-6-8-10)12(20)15-13-18-19-9(2)16-17-14(19)22-13/h4-8,11H,3H2,1-2H3,(H,15,18,20). The molecule has 1 unspecified atom stereocenters. The summed E-state index contributed by atoms with van der Waals surface area (Å²) in [5.74, 6) is 1.12. The fraction of sp³-hybridized carbons (Fsp3) is 0.286. The minimum absolute atomic E-state index is 0.228. The Labute approximate surface area is 130 Å². The number of carbonyl (C=O) groups excluding carboxylic acids is 1. The van der Waals surface area contributed by atoms with Gasteiger partial charge in [0.1, 0.15) is 5.75 Å². The van der Waals surface area contributed by atoms with Gasteiger partial charge >= 0.3 is 0 Å². The predicted octanol–water partition coefficient (Wildman–Crippen LogP) is 2.29. The number of ether oxygens (including phenoxy) is 1. The van der Waals surface area contributed by atoms with Crippen LogP contribution >= 0.6 is 11.3 Å². The van der Waals surface area contributed by atoms with Gasteiger partial charge in [-0.15, -0.1) is 15.3 Å². The summed E-state index contributed by atoms with van der Waals surface area (Å²) in [7, 11) is 0. The minimum atomic E-state index is -0.571. The fourth-order valence-corrected chi connectivity index (χ4v) is 2.72. The summed E-state index contributed by atoms with van der Waals surface area (Å²) in [6.45, 7) is 3.70. The van der Waals surface area contributed by atoms with Crippen LogP contribution in [0, 0.1) is 6.92 Å². The third-order valence-electron chi connectivity index (χ3n) is 3.06. The predicted molar refractivity (Wildman–Crippen MR) is 83.2 cm³/mol. The Morgan fingerprint density at radius 2 is 2.14 bits per heavy atom. The summed E-state index contributed by atoms with van der Waals surface area (Å²) in [6.07, 6.45) is -0.0121. The molecule has 0 aliphatic rings. The second-order valence-electron chi connectivity index (χ2n) is 4.67. The van der Waals surface area contributed by atoms with Gasteiger partial charge in [0.05, 0.1) is 0 Å². The lowest BCUT2D eigenvalue weighted by molar-refractivity contribution is -0.122. The Kier molecular flexibility index (Phi) is 4.01. The van der Waals surface area contributed by atoms with E-state index in [9.17, 15) is 4.79 Å². The highest BCUT2D eigenvalue weighted by Gasteiger charge is 2.20. The third-order valence-corrected chi connectivity index (χ3v) is 3.88. The molecule has 1 N–H and O–H groups in total. The van der Waals surface area contributed by atoms with Gasteiger partial charge in [0.15, 0.2) is 11.9 Å². The van der Waals surface area contributed by atoms with Crippen LogP contribution in [0.1, 0.15) is 19.2 Å². The van der Waals surface area contributed by atoms with Crippen molar-refractivity contribution < 1.29 is 9.53 Å². The summed E-state index contributed by atoms with van der Waals surface area (Å²) in [4.78, 5) is 13.0. The first-order valence-electron chi connectivity index (χ1n) is 6.88. The molecule has 1 aromatic carbocycles. The van der Waals surface area contributed by atoms with E-state index < -0.39 is 6.10 Å². The highest BCUT2D eigenvalue weighted by Crippen LogP contribution is 2.19. The van der Waals surface area contributed by atoms with Crippen LogP contribution in [0.2, 0.25) is 0 Å². The zero-order valence-electron chi connectivity index (χ0n) is 12.2. The molecule has 0 aliphatic heterocycles. The van der Waals surface area contributed by atoms with Gasteiger partial charge in [-0.05, 0) is 25.5 Å². The van der Waals surface area contributed by atoms with Crippen molar-refractivity contribution in [1.29, 1.82) is 0 Å². The second-order valence-corrected chi connectivity index (χ2v) is 5.62. The third kappa shape index (κ3) is 2.91. The molecule has 2 heterocycles. The Morgan fingerprint density at radius 1 is 1.36 bits per heavy atom. The molecular formula is C14H15N5O2S. The fourth-order valence-electron chi connectivity index (χ4n) is 1.94. The van der Waals surface area contributed by atoms with Crippen LogP contribution in [0.25, 0.3) is 4.96 Å². The van der Waals surface area contributed by atoms with Gasteiger partial charge in [0.25, 0.3) is 5.91 Å². The molecule has 3 aromatic rings. The van der Waals surface area contributed by atoms with Crippen molar-refractivity contribution in [3.05, 3.63) is 36.2 Å². The van der Waals surface area contributed by atoms with Crippen molar-refractivity contribution in [2.45, 2.75) is 26.4 Å². The van der Waals surface area contributed by atoms with Gasteiger partial charge in [0, 0.05) is 0 Å². The van der Waals surface area contributed by atoms with Crippen molar-refractivity contribution >= 4 is 27.3 Å². The van der Waals surface area contributed by atoms with E-state index in [0.29, 0.717) is 28.1 Å². The largest absolute Gasteiger partial charge is 0.481 e. The van der Waals surface area contributed by atoms with Crippen molar-refractivity contribution in [2.75, 3.05) is 5.32 Å². The molecule has 0 bridgehead atoms. The summed E-state index contributed by atoms with van der Waals surface area (Å²) >= 11 is 1.27. The van der Waals surface area contributed by atoms with Gasteiger partial charge in [-0.3, -0.25) is 10.1 Å². The van der Waals surface area contributed by atoms with Crippen LogP contribution < -0.4 is 10.1 Å². The van der Waals surface area contributed by atoms with E-state index in [1.807, 2.05) is 37.3 Å². The van der Waals surface area contributed by atoms with Crippen LogP contribution in [-0.2, 0) is 4.79 Å². The highest BCUT2D eigenvalue weighted by molar-refractivity contribution is 7.20. The zero-order valence-corrected chi connectivity index (χ0v) is 13.0. The summed E-state index contributed by atoms with van der Waals surface area (Å²) < 4.78 is 7.30. The van der Waals surface area contributed by atoms with Crippen LogP contribution in [0.3, 0.4) is 0 Å². The second kappa shape index (κ2) is 6.10. The van der Waals surface area contributed by atoms with Crippen LogP contribution in [0.15, 0.2) is 30.3 Å². The molecule has 2 aromatic heterocycles. The molecule has 22 heavy (non-hydrogen) atoms. The molecule has 7 nitrogen and oxygen atoms in total. The Morgan fingerprint density at radius 3 is 2.82 bits per heavy atom. The lowest BCUT2D eigenvalue weighted by atomic mass is 10.2. The maximum atomic E-state index is 12.3. The molecule has 1 amide bonds. The van der Waals surface area contributed by atoms with E-state index in [1.54, 1.807) is 11.4 Å². The molecule has 0 saturated carbocycles. The van der Waals surface area contributed by atoms with Gasteiger partial charge in [-0.2, -0.15) is 4.52 Å². The number of nitrogens with zero attached hydrogens (tertiary/aromatic N) is 4.